The van der Waals surface area contributed by atoms with E-state index in [0.717, 1.165) is 17.2 Å². The lowest BCUT2D eigenvalue weighted by Gasteiger charge is -2.38. The molecule has 1 N–H and O–H groups in total. The number of sulfone groups is 1. The van der Waals surface area contributed by atoms with Crippen LogP contribution in [0.5, 0.6) is 0 Å². The third kappa shape index (κ3) is 6.22. The maximum absolute atomic E-state index is 14.9. The third-order valence-electron chi connectivity index (χ3n) is 4.95. The minimum Gasteiger partial charge on any atom is -0.377 e. The summed E-state index contributed by atoms with van der Waals surface area (Å²) in [7, 11) is -3.32. The Balaban J connectivity index is 1.81. The molecule has 0 saturated carbocycles. The lowest BCUT2D eigenvalue weighted by Crippen LogP contribution is -2.40. The molecular weight excluding hydrogens is 478 g/mol. The molecule has 1 aliphatic rings. The van der Waals surface area contributed by atoms with Crippen LogP contribution in [0.1, 0.15) is 28.9 Å². The molecule has 10 heteroatoms. The van der Waals surface area contributed by atoms with Gasteiger partial charge >= 0.3 is 0 Å². The highest BCUT2D eigenvalue weighted by atomic mass is 35.5. The first-order chi connectivity index (χ1) is 15.0. The number of anilines is 1. The molecule has 1 fully saturated rings. The van der Waals surface area contributed by atoms with Gasteiger partial charge in [0.2, 0.25) is 0 Å². The first-order valence-corrected chi connectivity index (χ1v) is 12.5. The SMILES string of the molecule is C[C@H](/C=C/S(C)(=O)=O)NC(=O)c1ccc(N2CCOCC2c2ccc(Cl)cc2Cl)cc1F. The molecule has 2 aromatic rings. The summed E-state index contributed by atoms with van der Waals surface area (Å²) < 4.78 is 42.9. The second kappa shape index (κ2) is 10.2. The number of carbonyl (C=O) groups is 1. The zero-order valence-corrected chi connectivity index (χ0v) is 19.8. The van der Waals surface area contributed by atoms with Crippen molar-refractivity contribution >= 4 is 44.6 Å². The molecule has 1 saturated heterocycles. The second-order valence-electron chi connectivity index (χ2n) is 7.53. The van der Waals surface area contributed by atoms with E-state index in [2.05, 4.69) is 5.32 Å². The maximum Gasteiger partial charge on any atom is 0.254 e. The van der Waals surface area contributed by atoms with Crippen LogP contribution in [-0.4, -0.2) is 46.4 Å². The Bertz CT molecular complexity index is 1140. The quantitative estimate of drug-likeness (QED) is 0.636. The average molecular weight is 501 g/mol. The molecule has 1 unspecified atom stereocenters. The molecule has 172 valence electrons. The number of hydrogen-bond donors (Lipinski definition) is 1. The third-order valence-corrected chi connectivity index (χ3v) is 6.17. The summed E-state index contributed by atoms with van der Waals surface area (Å²) in [5, 5.41) is 4.57. The topological polar surface area (TPSA) is 75.7 Å². The number of rotatable bonds is 6. The molecule has 3 rings (SSSR count). The van der Waals surface area contributed by atoms with Gasteiger partial charge in [0.25, 0.3) is 5.91 Å². The van der Waals surface area contributed by atoms with Crippen LogP contribution in [0.4, 0.5) is 10.1 Å². The summed E-state index contributed by atoms with van der Waals surface area (Å²) in [6.07, 6.45) is 2.38. The highest BCUT2D eigenvalue weighted by Crippen LogP contribution is 2.35. The number of carbonyl (C=O) groups excluding carboxylic acids is 1. The fourth-order valence-electron chi connectivity index (χ4n) is 3.40. The zero-order chi connectivity index (χ0) is 23.5. The fourth-order valence-corrected chi connectivity index (χ4v) is 4.46. The highest BCUT2D eigenvalue weighted by molar-refractivity contribution is 7.93. The van der Waals surface area contributed by atoms with Crippen LogP contribution in [0, 0.1) is 5.82 Å². The van der Waals surface area contributed by atoms with E-state index in [4.69, 9.17) is 27.9 Å². The number of hydrogen-bond acceptors (Lipinski definition) is 5. The zero-order valence-electron chi connectivity index (χ0n) is 17.5. The van der Waals surface area contributed by atoms with Crippen LogP contribution in [0.15, 0.2) is 47.9 Å². The van der Waals surface area contributed by atoms with E-state index in [9.17, 15) is 17.6 Å². The lowest BCUT2D eigenvalue weighted by atomic mass is 10.0. The predicted octanol–water partition coefficient (Wildman–Crippen LogP) is 4.39. The van der Waals surface area contributed by atoms with Crippen LogP contribution < -0.4 is 10.2 Å². The summed E-state index contributed by atoms with van der Waals surface area (Å²) in [6.45, 7) is 2.95. The van der Waals surface area contributed by atoms with Crippen molar-refractivity contribution in [1.29, 1.82) is 0 Å². The first kappa shape index (κ1) is 24.5. The molecule has 1 heterocycles. The molecule has 0 radical (unpaired) electrons. The van der Waals surface area contributed by atoms with Gasteiger partial charge < -0.3 is 15.0 Å². The normalized spacial score (nSPS) is 18.0. The number of amides is 1. The standard InChI is InChI=1S/C22H23Cl2FN2O4S/c1-14(7-10-32(2,29)30)26-22(28)18-6-4-16(12-20(18)25)27-8-9-31-13-21(27)17-5-3-15(23)11-19(17)24/h3-7,10-12,14,21H,8-9,13H2,1-2H3,(H,26,28)/b10-7+/t14-,21?/m1/s1. The van der Waals surface area contributed by atoms with Gasteiger partial charge in [0.05, 0.1) is 24.8 Å². The van der Waals surface area contributed by atoms with E-state index in [1.807, 2.05) is 11.0 Å². The Hall–Kier alpha value is -2.13. The summed E-state index contributed by atoms with van der Waals surface area (Å²) in [6, 6.07) is 8.75. The van der Waals surface area contributed by atoms with Crippen molar-refractivity contribution in [3.8, 4) is 0 Å². The van der Waals surface area contributed by atoms with E-state index in [-0.39, 0.29) is 11.6 Å². The van der Waals surface area contributed by atoms with Crippen molar-refractivity contribution in [3.05, 3.63) is 74.9 Å². The second-order valence-corrected chi connectivity index (χ2v) is 10.3. The van der Waals surface area contributed by atoms with Crippen molar-refractivity contribution in [2.24, 2.45) is 0 Å². The van der Waals surface area contributed by atoms with Gasteiger partial charge in [0, 0.05) is 40.0 Å². The largest absolute Gasteiger partial charge is 0.377 e. The molecular formula is C22H23Cl2FN2O4S. The van der Waals surface area contributed by atoms with Crippen LogP contribution in [-0.2, 0) is 14.6 Å². The van der Waals surface area contributed by atoms with E-state index in [1.54, 1.807) is 25.1 Å². The molecule has 0 spiro atoms. The van der Waals surface area contributed by atoms with Crippen molar-refractivity contribution < 1.29 is 22.3 Å². The van der Waals surface area contributed by atoms with Gasteiger partial charge in [-0.2, -0.15) is 0 Å². The predicted molar refractivity (Wildman–Crippen MR) is 125 cm³/mol. The fraction of sp³-hybridized carbons (Fsp3) is 0.318. The number of halogens is 3. The highest BCUT2D eigenvalue weighted by Gasteiger charge is 2.28. The maximum atomic E-state index is 14.9. The molecule has 32 heavy (non-hydrogen) atoms. The van der Waals surface area contributed by atoms with Crippen LogP contribution >= 0.6 is 23.2 Å². The Morgan fingerprint density at radius 2 is 2.03 bits per heavy atom. The molecule has 2 atom stereocenters. The first-order valence-electron chi connectivity index (χ1n) is 9.83. The molecule has 2 aromatic carbocycles. The van der Waals surface area contributed by atoms with Gasteiger partial charge in [0.1, 0.15) is 5.82 Å². The van der Waals surface area contributed by atoms with Gasteiger partial charge in [-0.1, -0.05) is 35.3 Å². The summed E-state index contributed by atoms with van der Waals surface area (Å²) in [5.41, 5.74) is 1.26. The molecule has 0 aromatic heterocycles. The Morgan fingerprint density at radius 3 is 2.69 bits per heavy atom. The van der Waals surface area contributed by atoms with Crippen LogP contribution in [0.25, 0.3) is 0 Å². The van der Waals surface area contributed by atoms with Crippen LogP contribution in [0.3, 0.4) is 0 Å². The van der Waals surface area contributed by atoms with Crippen molar-refractivity contribution in [1.82, 2.24) is 5.32 Å². The smallest absolute Gasteiger partial charge is 0.254 e. The Labute approximate surface area is 196 Å². The number of nitrogens with zero attached hydrogens (tertiary/aromatic N) is 1. The number of ether oxygens (including phenoxy) is 1. The van der Waals surface area contributed by atoms with E-state index < -0.39 is 27.6 Å². The Kier molecular flexibility index (Phi) is 7.82. The van der Waals surface area contributed by atoms with Crippen molar-refractivity contribution in [2.75, 3.05) is 30.9 Å². The number of nitrogens with one attached hydrogen (secondary N) is 1. The van der Waals surface area contributed by atoms with Gasteiger partial charge in [-0.15, -0.1) is 0 Å². The minimum atomic E-state index is -3.32. The van der Waals surface area contributed by atoms with Gasteiger partial charge in [-0.25, -0.2) is 12.8 Å². The van der Waals surface area contributed by atoms with Gasteiger partial charge in [-0.05, 0) is 42.8 Å². The summed E-state index contributed by atoms with van der Waals surface area (Å²) >= 11 is 12.4. The van der Waals surface area contributed by atoms with Gasteiger partial charge in [-0.3, -0.25) is 4.79 Å². The van der Waals surface area contributed by atoms with E-state index in [0.29, 0.717) is 35.5 Å². The van der Waals surface area contributed by atoms with Gasteiger partial charge in [0.15, 0.2) is 9.84 Å². The molecule has 1 amide bonds. The molecule has 1 aliphatic heterocycles. The molecule has 6 nitrogen and oxygen atoms in total. The summed E-state index contributed by atoms with van der Waals surface area (Å²) in [5.74, 6) is -1.33. The van der Waals surface area contributed by atoms with Crippen LogP contribution in [0.2, 0.25) is 10.0 Å². The Morgan fingerprint density at radius 1 is 1.28 bits per heavy atom. The molecule has 0 bridgehead atoms. The summed E-state index contributed by atoms with van der Waals surface area (Å²) in [4.78, 5) is 14.4. The monoisotopic (exact) mass is 500 g/mol. The van der Waals surface area contributed by atoms with Crippen molar-refractivity contribution in [2.45, 2.75) is 19.0 Å². The average Bonchev–Trinajstić information content (AvgIpc) is 2.72. The van der Waals surface area contributed by atoms with Crippen molar-refractivity contribution in [3.63, 3.8) is 0 Å². The number of morpholine rings is 1. The lowest BCUT2D eigenvalue weighted by molar-refractivity contribution is 0.0935. The minimum absolute atomic E-state index is 0.136. The van der Waals surface area contributed by atoms with E-state index >= 15 is 0 Å². The van der Waals surface area contributed by atoms with E-state index in [1.165, 1.54) is 18.2 Å². The number of benzene rings is 2. The molecule has 0 aliphatic carbocycles.